The van der Waals surface area contributed by atoms with E-state index in [2.05, 4.69) is 22.5 Å². The average molecular weight is 278 g/mol. The fraction of sp³-hybridized carbons (Fsp3) is 0.125. The maximum absolute atomic E-state index is 8.70. The van der Waals surface area contributed by atoms with Crippen LogP contribution in [0.15, 0.2) is 59.3 Å². The number of furan rings is 1. The van der Waals surface area contributed by atoms with E-state index < -0.39 is 0 Å². The van der Waals surface area contributed by atoms with E-state index >= 15 is 0 Å². The number of nitrogens with one attached hydrogen (secondary N) is 1. The molecule has 0 saturated carbocycles. The number of rotatable bonds is 5. The van der Waals surface area contributed by atoms with Gasteiger partial charge in [0.15, 0.2) is 0 Å². The van der Waals surface area contributed by atoms with Crippen molar-refractivity contribution in [2.24, 2.45) is 0 Å². The number of nitrogens with zero attached hydrogens (tertiary/aromatic N) is 3. The van der Waals surface area contributed by atoms with Crippen molar-refractivity contribution in [1.29, 1.82) is 5.26 Å². The Morgan fingerprint density at radius 1 is 1.19 bits per heavy atom. The summed E-state index contributed by atoms with van der Waals surface area (Å²) in [5, 5.41) is 16.2. The SMILES string of the molecule is N#Cc1ccc(CNc2cnn(Cc3ccccc3)c2)o1. The van der Waals surface area contributed by atoms with Crippen molar-refractivity contribution in [2.45, 2.75) is 13.1 Å². The van der Waals surface area contributed by atoms with Crippen LogP contribution in [0.5, 0.6) is 0 Å². The topological polar surface area (TPSA) is 66.8 Å². The van der Waals surface area contributed by atoms with Gasteiger partial charge in [0.2, 0.25) is 5.76 Å². The summed E-state index contributed by atoms with van der Waals surface area (Å²) in [7, 11) is 0. The lowest BCUT2D eigenvalue weighted by atomic mass is 10.2. The predicted octanol–water partition coefficient (Wildman–Crippen LogP) is 3.01. The van der Waals surface area contributed by atoms with Crippen molar-refractivity contribution in [3.8, 4) is 6.07 Å². The molecule has 0 aliphatic heterocycles. The molecule has 0 aliphatic rings. The number of hydrogen-bond acceptors (Lipinski definition) is 4. The lowest BCUT2D eigenvalue weighted by molar-refractivity contribution is 0.506. The quantitative estimate of drug-likeness (QED) is 0.779. The Labute approximate surface area is 122 Å². The van der Waals surface area contributed by atoms with Gasteiger partial charge in [-0.15, -0.1) is 0 Å². The van der Waals surface area contributed by atoms with E-state index in [1.54, 1.807) is 18.3 Å². The summed E-state index contributed by atoms with van der Waals surface area (Å²) in [5.41, 5.74) is 2.12. The Hall–Kier alpha value is -3.00. The first-order valence-corrected chi connectivity index (χ1v) is 6.62. The van der Waals surface area contributed by atoms with Crippen molar-refractivity contribution < 1.29 is 4.42 Å². The number of anilines is 1. The second kappa shape index (κ2) is 5.97. The highest BCUT2D eigenvalue weighted by Crippen LogP contribution is 2.12. The number of benzene rings is 1. The predicted molar refractivity (Wildman–Crippen MR) is 78.5 cm³/mol. The molecular formula is C16H14N4O. The first kappa shape index (κ1) is 13.0. The summed E-state index contributed by atoms with van der Waals surface area (Å²) in [6.07, 6.45) is 3.72. The Morgan fingerprint density at radius 2 is 2.05 bits per heavy atom. The molecule has 0 bridgehead atoms. The molecule has 5 heteroatoms. The van der Waals surface area contributed by atoms with Crippen molar-refractivity contribution in [1.82, 2.24) is 9.78 Å². The molecule has 1 aromatic carbocycles. The summed E-state index contributed by atoms with van der Waals surface area (Å²) in [4.78, 5) is 0. The Morgan fingerprint density at radius 3 is 2.81 bits per heavy atom. The first-order chi connectivity index (χ1) is 10.3. The summed E-state index contributed by atoms with van der Waals surface area (Å²) < 4.78 is 7.18. The monoisotopic (exact) mass is 278 g/mol. The van der Waals surface area contributed by atoms with Crippen LogP contribution >= 0.6 is 0 Å². The van der Waals surface area contributed by atoms with Gasteiger partial charge in [-0.1, -0.05) is 30.3 Å². The minimum absolute atomic E-state index is 0.326. The first-order valence-electron chi connectivity index (χ1n) is 6.62. The average Bonchev–Trinajstić information content (AvgIpc) is 3.15. The lowest BCUT2D eigenvalue weighted by Crippen LogP contribution is -2.00. The largest absolute Gasteiger partial charge is 0.449 e. The Balaban J connectivity index is 1.59. The van der Waals surface area contributed by atoms with E-state index in [0.29, 0.717) is 12.3 Å². The summed E-state index contributed by atoms with van der Waals surface area (Å²) in [5.74, 6) is 1.05. The summed E-state index contributed by atoms with van der Waals surface area (Å²) in [6.45, 7) is 1.26. The van der Waals surface area contributed by atoms with Crippen LogP contribution in [0.2, 0.25) is 0 Å². The maximum atomic E-state index is 8.70. The second-order valence-corrected chi connectivity index (χ2v) is 4.64. The van der Waals surface area contributed by atoms with Crippen LogP contribution in [0.1, 0.15) is 17.1 Å². The van der Waals surface area contributed by atoms with Crippen LogP contribution in [-0.4, -0.2) is 9.78 Å². The fourth-order valence-electron chi connectivity index (χ4n) is 2.03. The highest BCUT2D eigenvalue weighted by Gasteiger charge is 2.03. The maximum Gasteiger partial charge on any atom is 0.203 e. The minimum Gasteiger partial charge on any atom is -0.449 e. The molecular weight excluding hydrogens is 264 g/mol. The van der Waals surface area contributed by atoms with Gasteiger partial charge in [-0.05, 0) is 17.7 Å². The third-order valence-corrected chi connectivity index (χ3v) is 3.06. The number of aromatic nitrogens is 2. The molecule has 21 heavy (non-hydrogen) atoms. The molecule has 0 spiro atoms. The van der Waals surface area contributed by atoms with Gasteiger partial charge in [-0.25, -0.2) is 0 Å². The van der Waals surface area contributed by atoms with Crippen LogP contribution in [0.3, 0.4) is 0 Å². The molecule has 2 aromatic heterocycles. The molecule has 104 valence electrons. The molecule has 0 fully saturated rings. The number of hydrogen-bond donors (Lipinski definition) is 1. The van der Waals surface area contributed by atoms with Crippen molar-refractivity contribution in [3.63, 3.8) is 0 Å². The van der Waals surface area contributed by atoms with Crippen LogP contribution < -0.4 is 5.32 Å². The molecule has 5 nitrogen and oxygen atoms in total. The molecule has 0 unspecified atom stereocenters. The molecule has 2 heterocycles. The fourth-order valence-corrected chi connectivity index (χ4v) is 2.03. The smallest absolute Gasteiger partial charge is 0.203 e. The summed E-state index contributed by atoms with van der Waals surface area (Å²) in [6, 6.07) is 15.6. The molecule has 3 aromatic rings. The lowest BCUT2D eigenvalue weighted by Gasteiger charge is -2.01. The third kappa shape index (κ3) is 3.31. The zero-order valence-corrected chi connectivity index (χ0v) is 11.4. The van der Waals surface area contributed by atoms with Gasteiger partial charge in [0, 0.05) is 6.20 Å². The molecule has 0 saturated heterocycles. The third-order valence-electron chi connectivity index (χ3n) is 3.06. The molecule has 0 atom stereocenters. The molecule has 0 aliphatic carbocycles. The van der Waals surface area contributed by atoms with Crippen molar-refractivity contribution >= 4 is 5.69 Å². The van der Waals surface area contributed by atoms with Gasteiger partial charge in [0.05, 0.1) is 25.0 Å². The number of nitriles is 1. The molecule has 0 amide bonds. The highest BCUT2D eigenvalue weighted by atomic mass is 16.3. The van der Waals surface area contributed by atoms with Gasteiger partial charge < -0.3 is 9.73 Å². The van der Waals surface area contributed by atoms with Crippen LogP contribution in [-0.2, 0) is 13.1 Å². The standard InChI is InChI=1S/C16H14N4O/c17-8-15-6-7-16(21-15)10-18-14-9-19-20(12-14)11-13-4-2-1-3-5-13/h1-7,9,12,18H,10-11H2. The van der Waals surface area contributed by atoms with E-state index in [1.807, 2.05) is 35.1 Å². The van der Waals surface area contributed by atoms with Gasteiger partial charge in [0.25, 0.3) is 0 Å². The second-order valence-electron chi connectivity index (χ2n) is 4.64. The van der Waals surface area contributed by atoms with Crippen molar-refractivity contribution in [2.75, 3.05) is 5.32 Å². The molecule has 1 N–H and O–H groups in total. The van der Waals surface area contributed by atoms with Crippen LogP contribution in [0, 0.1) is 11.3 Å². The normalized spacial score (nSPS) is 10.2. The van der Waals surface area contributed by atoms with Gasteiger partial charge in [-0.3, -0.25) is 4.68 Å². The molecule has 0 radical (unpaired) electrons. The Bertz CT molecular complexity index is 752. The van der Waals surface area contributed by atoms with Gasteiger partial charge in [-0.2, -0.15) is 10.4 Å². The minimum atomic E-state index is 0.326. The van der Waals surface area contributed by atoms with E-state index in [-0.39, 0.29) is 0 Å². The zero-order valence-electron chi connectivity index (χ0n) is 11.4. The van der Waals surface area contributed by atoms with Gasteiger partial charge >= 0.3 is 0 Å². The van der Waals surface area contributed by atoms with E-state index in [9.17, 15) is 0 Å². The van der Waals surface area contributed by atoms with Crippen LogP contribution in [0.4, 0.5) is 5.69 Å². The van der Waals surface area contributed by atoms with E-state index in [0.717, 1.165) is 18.0 Å². The molecule has 3 rings (SSSR count). The summed E-state index contributed by atoms with van der Waals surface area (Å²) >= 11 is 0. The van der Waals surface area contributed by atoms with E-state index in [1.165, 1.54) is 5.56 Å². The van der Waals surface area contributed by atoms with Gasteiger partial charge in [0.1, 0.15) is 11.8 Å². The highest BCUT2D eigenvalue weighted by molar-refractivity contribution is 5.38. The van der Waals surface area contributed by atoms with Crippen molar-refractivity contribution in [3.05, 3.63) is 71.9 Å². The van der Waals surface area contributed by atoms with Crippen LogP contribution in [0.25, 0.3) is 0 Å². The zero-order chi connectivity index (χ0) is 14.5. The van der Waals surface area contributed by atoms with E-state index in [4.69, 9.17) is 9.68 Å². The Kier molecular flexibility index (Phi) is 3.70.